The van der Waals surface area contributed by atoms with Crippen LogP contribution in [0.2, 0.25) is 0 Å². The van der Waals surface area contributed by atoms with Crippen molar-refractivity contribution in [1.82, 2.24) is 5.32 Å². The normalized spacial score (nSPS) is 40.6. The van der Waals surface area contributed by atoms with E-state index in [-0.39, 0.29) is 6.29 Å². The average molecular weight is 529 g/mol. The third-order valence-electron chi connectivity index (χ3n) is 6.00. The Balaban J connectivity index is 2.39. The number of rotatable bonds is 11. The third-order valence-corrected chi connectivity index (χ3v) is 6.00. The van der Waals surface area contributed by atoms with Crippen LogP contribution in [0, 0.1) is 0 Å². The number of aldehydes is 1. The average Bonchev–Trinajstić information content (AvgIpc) is 2.85. The van der Waals surface area contributed by atoms with Crippen LogP contribution in [0.4, 0.5) is 0 Å². The van der Waals surface area contributed by atoms with Gasteiger partial charge in [-0.1, -0.05) is 0 Å². The van der Waals surface area contributed by atoms with Gasteiger partial charge in [-0.05, 0) is 6.92 Å². The number of carbonyl (C=O) groups excluding carboxylic acids is 2. The van der Waals surface area contributed by atoms with E-state index in [1.54, 1.807) is 0 Å². The summed E-state index contributed by atoms with van der Waals surface area (Å²) in [6, 6.07) is -1.62. The van der Waals surface area contributed by atoms with Gasteiger partial charge in [-0.15, -0.1) is 0 Å². The van der Waals surface area contributed by atoms with Gasteiger partial charge in [0.25, 0.3) is 0 Å². The van der Waals surface area contributed by atoms with Gasteiger partial charge in [-0.3, -0.25) is 4.79 Å². The van der Waals surface area contributed by atoms with Crippen LogP contribution in [0.3, 0.4) is 0 Å². The van der Waals surface area contributed by atoms with E-state index in [0.29, 0.717) is 0 Å². The van der Waals surface area contributed by atoms with Gasteiger partial charge < -0.3 is 75.0 Å². The van der Waals surface area contributed by atoms with E-state index in [0.717, 1.165) is 6.92 Å². The molecule has 0 bridgehead atoms. The first-order valence-corrected chi connectivity index (χ1v) is 11.2. The summed E-state index contributed by atoms with van der Waals surface area (Å²) in [5.41, 5.74) is 0. The van der Waals surface area contributed by atoms with E-state index in [2.05, 4.69) is 5.32 Å². The molecular formula is C20H35NO15. The summed E-state index contributed by atoms with van der Waals surface area (Å²) < 4.78 is 21.9. The lowest BCUT2D eigenvalue weighted by Gasteiger charge is -2.47. The van der Waals surface area contributed by atoms with Gasteiger partial charge in [0, 0.05) is 6.92 Å². The van der Waals surface area contributed by atoms with Crippen LogP contribution in [-0.2, 0) is 28.5 Å². The lowest BCUT2D eigenvalue weighted by molar-refractivity contribution is -0.372. The Kier molecular flexibility index (Phi) is 11.5. The summed E-state index contributed by atoms with van der Waals surface area (Å²) in [5.74, 6) is -0.729. The number of nitrogens with one attached hydrogen (secondary N) is 1. The maximum Gasteiger partial charge on any atom is 0.217 e. The van der Waals surface area contributed by atoms with Crippen LogP contribution >= 0.6 is 0 Å². The molecule has 1 amide bonds. The summed E-state index contributed by atoms with van der Waals surface area (Å²) >= 11 is 0. The highest BCUT2D eigenvalue weighted by molar-refractivity contribution is 5.77. The summed E-state index contributed by atoms with van der Waals surface area (Å²) in [4.78, 5) is 23.2. The number of hydrogen-bond acceptors (Lipinski definition) is 15. The second-order valence-corrected chi connectivity index (χ2v) is 8.69. The van der Waals surface area contributed by atoms with Crippen molar-refractivity contribution in [2.45, 2.75) is 99.6 Å². The molecule has 210 valence electrons. The zero-order valence-corrected chi connectivity index (χ0v) is 19.5. The van der Waals surface area contributed by atoms with Crippen molar-refractivity contribution in [3.05, 3.63) is 0 Å². The van der Waals surface area contributed by atoms with Crippen LogP contribution in [0.25, 0.3) is 0 Å². The Morgan fingerprint density at radius 3 is 2.14 bits per heavy atom. The van der Waals surface area contributed by atoms with Crippen LogP contribution in [0.15, 0.2) is 0 Å². The Hall–Kier alpha value is -1.38. The number of aliphatic hydroxyl groups is 9. The molecule has 0 aromatic carbocycles. The molecule has 0 unspecified atom stereocenters. The van der Waals surface area contributed by atoms with Gasteiger partial charge in [-0.25, -0.2) is 0 Å². The monoisotopic (exact) mass is 529 g/mol. The largest absolute Gasteiger partial charge is 0.394 e. The maximum atomic E-state index is 11.7. The second-order valence-electron chi connectivity index (χ2n) is 8.69. The molecule has 2 heterocycles. The molecule has 0 spiro atoms. The van der Waals surface area contributed by atoms with Gasteiger partial charge >= 0.3 is 0 Å². The standard InChI is InChI=1S/C20H35NO15/c1-6-11(27)14(30)16(32)19(33-6)36-18-15(31)13(29)10(5-24)34-20(18)35-17(12(28)9(26)4-23)8(3-22)21-7(2)25/h3,6,8-20,23-24,26-32H,4-5H2,1-2H3,(H,21,25)/t6-,8-,9+,10+,11+,12+,13-,14+,15-,16-,17+,18+,19+,20-/m0/s1. The molecule has 2 rings (SSSR count). The van der Waals surface area contributed by atoms with Gasteiger partial charge in [0.2, 0.25) is 5.91 Å². The predicted molar refractivity (Wildman–Crippen MR) is 113 cm³/mol. The van der Waals surface area contributed by atoms with Gasteiger partial charge in [0.15, 0.2) is 12.6 Å². The zero-order valence-electron chi connectivity index (χ0n) is 19.5. The van der Waals surface area contributed by atoms with Crippen molar-refractivity contribution in [2.24, 2.45) is 0 Å². The molecule has 0 aliphatic carbocycles. The van der Waals surface area contributed by atoms with Crippen LogP contribution in [0.1, 0.15) is 13.8 Å². The lowest BCUT2D eigenvalue weighted by atomic mass is 9.97. The molecule has 36 heavy (non-hydrogen) atoms. The van der Waals surface area contributed by atoms with Crippen molar-refractivity contribution in [3.63, 3.8) is 0 Å². The molecule has 0 radical (unpaired) electrons. The highest BCUT2D eigenvalue weighted by Gasteiger charge is 2.52. The maximum absolute atomic E-state index is 11.7. The zero-order chi connectivity index (χ0) is 27.3. The molecule has 2 aliphatic heterocycles. The Labute approximate surface area is 205 Å². The molecule has 16 heteroatoms. The van der Waals surface area contributed by atoms with E-state index >= 15 is 0 Å². The van der Waals surface area contributed by atoms with Gasteiger partial charge in [-0.2, -0.15) is 0 Å². The Morgan fingerprint density at radius 1 is 0.972 bits per heavy atom. The minimum absolute atomic E-state index is 0.167. The first-order chi connectivity index (χ1) is 16.9. The molecule has 16 nitrogen and oxygen atoms in total. The number of hydrogen-bond donors (Lipinski definition) is 10. The van der Waals surface area contributed by atoms with E-state index in [1.807, 2.05) is 0 Å². The second kappa shape index (κ2) is 13.4. The number of ether oxygens (including phenoxy) is 4. The van der Waals surface area contributed by atoms with Crippen LogP contribution in [-0.4, -0.2) is 157 Å². The molecule has 0 saturated carbocycles. The number of amides is 1. The van der Waals surface area contributed by atoms with E-state index < -0.39 is 105 Å². The highest BCUT2D eigenvalue weighted by Crippen LogP contribution is 2.31. The Morgan fingerprint density at radius 2 is 1.61 bits per heavy atom. The van der Waals surface area contributed by atoms with E-state index in [4.69, 9.17) is 18.9 Å². The minimum atomic E-state index is -2.01. The van der Waals surface area contributed by atoms with Crippen molar-refractivity contribution < 1.29 is 74.5 Å². The molecule has 2 saturated heterocycles. The smallest absolute Gasteiger partial charge is 0.217 e. The third kappa shape index (κ3) is 6.93. The van der Waals surface area contributed by atoms with Crippen LogP contribution in [0.5, 0.6) is 0 Å². The van der Waals surface area contributed by atoms with Crippen LogP contribution < -0.4 is 5.32 Å². The van der Waals surface area contributed by atoms with Gasteiger partial charge in [0.05, 0.1) is 19.3 Å². The van der Waals surface area contributed by atoms with E-state index in [1.165, 1.54) is 6.92 Å². The summed E-state index contributed by atoms with van der Waals surface area (Å²) in [5, 5.41) is 92.5. The lowest BCUT2D eigenvalue weighted by Crippen LogP contribution is -2.65. The molecular weight excluding hydrogens is 494 g/mol. The van der Waals surface area contributed by atoms with E-state index in [9.17, 15) is 55.5 Å². The fourth-order valence-corrected chi connectivity index (χ4v) is 3.88. The quantitative estimate of drug-likeness (QED) is 0.111. The van der Waals surface area contributed by atoms with Crippen molar-refractivity contribution >= 4 is 12.2 Å². The fraction of sp³-hybridized carbons (Fsp3) is 0.900. The SMILES string of the molecule is CC(=O)N[C@@H](C=O)[C@@H](O[C@@H]1O[C@H](CO)[C@H](O)[C@H](O)[C@H]1O[C@H]1O[C@@H](C)[C@@H](O)[C@@H](O)[C@@H]1O)[C@H](O)[C@H](O)CO. The molecule has 10 N–H and O–H groups in total. The summed E-state index contributed by atoms with van der Waals surface area (Å²) in [6.07, 6.45) is -22.1. The molecule has 2 aliphatic rings. The molecule has 0 aromatic heterocycles. The first kappa shape index (κ1) is 30.8. The van der Waals surface area contributed by atoms with Crippen molar-refractivity contribution in [3.8, 4) is 0 Å². The predicted octanol–water partition coefficient (Wildman–Crippen LogP) is -6.56. The van der Waals surface area contributed by atoms with Crippen molar-refractivity contribution in [2.75, 3.05) is 13.2 Å². The Bertz CT molecular complexity index is 715. The van der Waals surface area contributed by atoms with Crippen molar-refractivity contribution in [1.29, 1.82) is 0 Å². The first-order valence-electron chi connectivity index (χ1n) is 11.2. The molecule has 2 fully saturated rings. The van der Waals surface area contributed by atoms with Gasteiger partial charge in [0.1, 0.15) is 73.4 Å². The number of carbonyl (C=O) groups is 2. The number of aliphatic hydroxyl groups excluding tert-OH is 9. The topological polar surface area (TPSA) is 265 Å². The summed E-state index contributed by atoms with van der Waals surface area (Å²) in [6.45, 7) is 0.610. The summed E-state index contributed by atoms with van der Waals surface area (Å²) in [7, 11) is 0. The molecule has 14 atom stereocenters. The molecule has 0 aromatic rings. The highest BCUT2D eigenvalue weighted by atomic mass is 16.8. The minimum Gasteiger partial charge on any atom is -0.394 e. The fourth-order valence-electron chi connectivity index (χ4n) is 3.88.